The minimum absolute atomic E-state index is 0.397. The van der Waals surface area contributed by atoms with Crippen LogP contribution in [0.15, 0.2) is 33.5 Å². The van der Waals surface area contributed by atoms with Gasteiger partial charge in [-0.25, -0.2) is 4.79 Å². The fraction of sp³-hybridized carbons (Fsp3) is 0.643. The molecular weight excluding hydrogens is 400 g/mol. The van der Waals surface area contributed by atoms with Crippen LogP contribution < -0.4 is 5.63 Å². The molecule has 0 fully saturated rings. The van der Waals surface area contributed by atoms with E-state index in [1.807, 2.05) is 19.1 Å². The van der Waals surface area contributed by atoms with E-state index in [0.717, 1.165) is 23.8 Å². The van der Waals surface area contributed by atoms with Crippen LogP contribution in [-0.4, -0.2) is 11.1 Å². The molecule has 0 saturated carbocycles. The second-order valence-corrected chi connectivity index (χ2v) is 9.28. The lowest BCUT2D eigenvalue weighted by molar-refractivity contribution is -0.139. The van der Waals surface area contributed by atoms with Crippen LogP contribution in [0.2, 0.25) is 0 Å². The molecular formula is C28H42O4. The number of carboxylic acid groups (broad SMARTS) is 1. The van der Waals surface area contributed by atoms with Crippen molar-refractivity contribution < 1.29 is 14.3 Å². The number of hydrogen-bond acceptors (Lipinski definition) is 3. The second-order valence-electron chi connectivity index (χ2n) is 9.28. The molecule has 0 bridgehead atoms. The van der Waals surface area contributed by atoms with Gasteiger partial charge in [-0.15, -0.1) is 0 Å². The first-order valence-corrected chi connectivity index (χ1v) is 12.8. The number of rotatable bonds is 17. The Hall–Kier alpha value is -2.10. The summed E-state index contributed by atoms with van der Waals surface area (Å²) in [6.45, 7) is 4.13. The zero-order valence-corrected chi connectivity index (χ0v) is 20.2. The van der Waals surface area contributed by atoms with E-state index >= 15 is 0 Å². The zero-order valence-electron chi connectivity index (χ0n) is 20.2. The molecule has 1 atom stereocenters. The highest BCUT2D eigenvalue weighted by Crippen LogP contribution is 2.27. The lowest BCUT2D eigenvalue weighted by Crippen LogP contribution is -2.12. The van der Waals surface area contributed by atoms with E-state index in [9.17, 15) is 14.7 Å². The van der Waals surface area contributed by atoms with Gasteiger partial charge in [0.05, 0.1) is 5.92 Å². The van der Waals surface area contributed by atoms with Crippen LogP contribution in [0.25, 0.3) is 11.0 Å². The summed E-state index contributed by atoms with van der Waals surface area (Å²) in [5.41, 5.74) is 1.64. The van der Waals surface area contributed by atoms with Crippen LogP contribution in [-0.2, 0) is 4.79 Å². The molecule has 2 rings (SSSR count). The van der Waals surface area contributed by atoms with Crippen molar-refractivity contribution in [2.45, 2.75) is 116 Å². The van der Waals surface area contributed by atoms with Crippen molar-refractivity contribution in [2.75, 3.05) is 0 Å². The number of carboxylic acids is 1. The number of aryl methyl sites for hydroxylation is 1. The van der Waals surface area contributed by atoms with Gasteiger partial charge < -0.3 is 9.52 Å². The van der Waals surface area contributed by atoms with E-state index < -0.39 is 17.5 Å². The van der Waals surface area contributed by atoms with Gasteiger partial charge >= 0.3 is 11.6 Å². The van der Waals surface area contributed by atoms with E-state index in [0.29, 0.717) is 17.6 Å². The van der Waals surface area contributed by atoms with E-state index in [1.54, 1.807) is 6.07 Å². The van der Waals surface area contributed by atoms with Crippen LogP contribution >= 0.6 is 0 Å². The highest BCUT2D eigenvalue weighted by Gasteiger charge is 2.20. The van der Waals surface area contributed by atoms with Gasteiger partial charge in [-0.3, -0.25) is 4.79 Å². The Morgan fingerprint density at radius 1 is 0.844 bits per heavy atom. The number of hydrogen-bond donors (Lipinski definition) is 1. The molecule has 1 heterocycles. The molecule has 1 N–H and O–H groups in total. The molecule has 0 amide bonds. The lowest BCUT2D eigenvalue weighted by Gasteiger charge is -2.13. The van der Waals surface area contributed by atoms with Crippen LogP contribution in [0.1, 0.15) is 120 Å². The fourth-order valence-corrected chi connectivity index (χ4v) is 4.53. The van der Waals surface area contributed by atoms with Crippen molar-refractivity contribution in [3.8, 4) is 0 Å². The Bertz CT molecular complexity index is 867. The van der Waals surface area contributed by atoms with Gasteiger partial charge in [-0.1, -0.05) is 109 Å². The third-order valence-electron chi connectivity index (χ3n) is 6.52. The predicted octanol–water partition coefficient (Wildman–Crippen LogP) is 8.14. The van der Waals surface area contributed by atoms with Gasteiger partial charge in [0.1, 0.15) is 5.58 Å². The number of unbranched alkanes of at least 4 members (excludes halogenated alkanes) is 13. The molecule has 1 unspecified atom stereocenters. The quantitative estimate of drug-likeness (QED) is 0.198. The van der Waals surface area contributed by atoms with E-state index in [4.69, 9.17) is 4.42 Å². The van der Waals surface area contributed by atoms with Crippen LogP contribution in [0.4, 0.5) is 0 Å². The van der Waals surface area contributed by atoms with Gasteiger partial charge in [0, 0.05) is 11.5 Å². The molecule has 2 aromatic rings. The van der Waals surface area contributed by atoms with Gasteiger partial charge in [0.15, 0.2) is 0 Å². The normalized spacial score (nSPS) is 12.3. The Balaban J connectivity index is 1.63. The molecule has 0 saturated heterocycles. The summed E-state index contributed by atoms with van der Waals surface area (Å²) in [5.74, 6) is -1.36. The maximum absolute atomic E-state index is 11.8. The molecule has 0 radical (unpaired) electrons. The van der Waals surface area contributed by atoms with Crippen LogP contribution in [0.5, 0.6) is 0 Å². The number of fused-ring (bicyclic) bond motifs is 1. The third kappa shape index (κ3) is 9.18. The second kappa shape index (κ2) is 14.9. The van der Waals surface area contributed by atoms with Crippen molar-refractivity contribution in [3.05, 3.63) is 45.8 Å². The average Bonchev–Trinajstić information content (AvgIpc) is 2.75. The first kappa shape index (κ1) is 26.2. The monoisotopic (exact) mass is 442 g/mol. The summed E-state index contributed by atoms with van der Waals surface area (Å²) in [5, 5.41) is 10.6. The Morgan fingerprint density at radius 3 is 1.91 bits per heavy atom. The summed E-state index contributed by atoms with van der Waals surface area (Å²) in [6, 6.07) is 6.92. The Labute approximate surface area is 193 Å². The first-order valence-electron chi connectivity index (χ1n) is 12.8. The van der Waals surface area contributed by atoms with Crippen LogP contribution in [0, 0.1) is 6.92 Å². The molecule has 0 spiro atoms. The molecule has 0 aliphatic rings. The average molecular weight is 443 g/mol. The van der Waals surface area contributed by atoms with Gasteiger partial charge in [0.2, 0.25) is 0 Å². The highest BCUT2D eigenvalue weighted by atomic mass is 16.4. The minimum Gasteiger partial charge on any atom is -0.481 e. The SMILES string of the molecule is CCCCCCCCCCCCCCCCC(C(=O)O)c1ccc2c(C)cc(=O)oc2c1. The van der Waals surface area contributed by atoms with E-state index in [1.165, 1.54) is 83.1 Å². The van der Waals surface area contributed by atoms with E-state index in [2.05, 4.69) is 6.92 Å². The maximum Gasteiger partial charge on any atom is 0.336 e. The highest BCUT2D eigenvalue weighted by molar-refractivity contribution is 5.83. The lowest BCUT2D eigenvalue weighted by atomic mass is 9.92. The molecule has 1 aromatic heterocycles. The Kier molecular flexibility index (Phi) is 12.2. The van der Waals surface area contributed by atoms with Gasteiger partial charge in [0.25, 0.3) is 0 Å². The summed E-state index contributed by atoms with van der Waals surface area (Å²) < 4.78 is 5.29. The molecule has 0 aliphatic carbocycles. The summed E-state index contributed by atoms with van der Waals surface area (Å²) in [4.78, 5) is 23.5. The first-order chi connectivity index (χ1) is 15.5. The fourth-order valence-electron chi connectivity index (χ4n) is 4.53. The Morgan fingerprint density at radius 2 is 1.38 bits per heavy atom. The third-order valence-corrected chi connectivity index (χ3v) is 6.52. The largest absolute Gasteiger partial charge is 0.481 e. The van der Waals surface area contributed by atoms with Crippen molar-refractivity contribution in [1.29, 1.82) is 0 Å². The standard InChI is InChI=1S/C28H42O4/c1-3-4-5-6-7-8-9-10-11-12-13-14-15-16-17-25(28(30)31)23-18-19-24-22(2)20-27(29)32-26(24)21-23/h18-21,25H,3-17H2,1-2H3,(H,30,31). The smallest absolute Gasteiger partial charge is 0.336 e. The zero-order chi connectivity index (χ0) is 23.2. The topological polar surface area (TPSA) is 67.5 Å². The molecule has 178 valence electrons. The van der Waals surface area contributed by atoms with E-state index in [-0.39, 0.29) is 0 Å². The van der Waals surface area contributed by atoms with Gasteiger partial charge in [-0.2, -0.15) is 0 Å². The number of aliphatic carboxylic acids is 1. The summed E-state index contributed by atoms with van der Waals surface area (Å²) in [6.07, 6.45) is 18.7. The summed E-state index contributed by atoms with van der Waals surface area (Å²) >= 11 is 0. The maximum atomic E-state index is 11.8. The minimum atomic E-state index is -0.811. The summed E-state index contributed by atoms with van der Waals surface area (Å²) in [7, 11) is 0. The molecule has 0 aliphatic heterocycles. The molecule has 4 nitrogen and oxygen atoms in total. The molecule has 1 aromatic carbocycles. The number of benzene rings is 1. The molecule has 32 heavy (non-hydrogen) atoms. The van der Waals surface area contributed by atoms with Crippen molar-refractivity contribution >= 4 is 16.9 Å². The van der Waals surface area contributed by atoms with Crippen molar-refractivity contribution in [3.63, 3.8) is 0 Å². The van der Waals surface area contributed by atoms with Crippen LogP contribution in [0.3, 0.4) is 0 Å². The number of carbonyl (C=O) groups is 1. The van der Waals surface area contributed by atoms with Crippen molar-refractivity contribution in [1.82, 2.24) is 0 Å². The predicted molar refractivity (Wildman–Crippen MR) is 133 cm³/mol. The molecule has 4 heteroatoms. The van der Waals surface area contributed by atoms with Gasteiger partial charge in [-0.05, 0) is 30.5 Å². The van der Waals surface area contributed by atoms with Crippen molar-refractivity contribution in [2.24, 2.45) is 0 Å².